The van der Waals surface area contributed by atoms with Gasteiger partial charge < -0.3 is 14.4 Å². The highest BCUT2D eigenvalue weighted by Crippen LogP contribution is 2.42. The summed E-state index contributed by atoms with van der Waals surface area (Å²) >= 11 is 0. The fourth-order valence-corrected chi connectivity index (χ4v) is 4.55. The zero-order valence-electron chi connectivity index (χ0n) is 13.3. The van der Waals surface area contributed by atoms with Gasteiger partial charge in [0.15, 0.2) is 0 Å². The summed E-state index contributed by atoms with van der Waals surface area (Å²) in [6, 6.07) is 0. The summed E-state index contributed by atoms with van der Waals surface area (Å²) in [4.78, 5) is 25.5. The standard InChI is InChI=1S/C14H23N2O5P/c1-8-6-16(14(19)15-13(8)18)11-5-10(17)12(21-11)9(2)7-22(3,4)20/h6,9-12,17H,5,7H2,1-4H3,(H,15,18,19)/t9-,10?,11+,12+/m0/s1. The van der Waals surface area contributed by atoms with E-state index in [-0.39, 0.29) is 12.3 Å². The molecular formula is C14H23N2O5P. The molecule has 1 aliphatic rings. The van der Waals surface area contributed by atoms with E-state index >= 15 is 0 Å². The van der Waals surface area contributed by atoms with E-state index < -0.39 is 36.8 Å². The normalized spacial score (nSPS) is 27.0. The Morgan fingerprint density at radius 1 is 1.50 bits per heavy atom. The molecule has 1 unspecified atom stereocenters. The summed E-state index contributed by atoms with van der Waals surface area (Å²) in [7, 11) is -2.22. The van der Waals surface area contributed by atoms with Crippen molar-refractivity contribution in [2.75, 3.05) is 19.5 Å². The molecule has 0 aromatic carbocycles. The minimum Gasteiger partial charge on any atom is -0.390 e. The Morgan fingerprint density at radius 3 is 2.73 bits per heavy atom. The van der Waals surface area contributed by atoms with Gasteiger partial charge in [-0.1, -0.05) is 6.92 Å². The number of aryl methyl sites for hydroxylation is 1. The van der Waals surface area contributed by atoms with Gasteiger partial charge in [0.05, 0.1) is 19.3 Å². The molecule has 0 aliphatic carbocycles. The first kappa shape index (κ1) is 17.2. The van der Waals surface area contributed by atoms with E-state index in [9.17, 15) is 19.3 Å². The predicted octanol–water partition coefficient (Wildman–Crippen LogP) is 0.752. The van der Waals surface area contributed by atoms with Crippen molar-refractivity contribution < 1.29 is 14.4 Å². The first-order valence-corrected chi connectivity index (χ1v) is 10.1. The molecule has 0 radical (unpaired) electrons. The summed E-state index contributed by atoms with van der Waals surface area (Å²) < 4.78 is 19.1. The van der Waals surface area contributed by atoms with Gasteiger partial charge in [-0.05, 0) is 26.2 Å². The zero-order valence-corrected chi connectivity index (χ0v) is 14.2. The topological polar surface area (TPSA) is 101 Å². The molecule has 1 fully saturated rings. The lowest BCUT2D eigenvalue weighted by atomic mass is 10.0. The lowest BCUT2D eigenvalue weighted by molar-refractivity contribution is -0.0425. The molecule has 7 nitrogen and oxygen atoms in total. The number of hydrogen-bond donors (Lipinski definition) is 2. The van der Waals surface area contributed by atoms with Gasteiger partial charge in [0, 0.05) is 24.3 Å². The van der Waals surface area contributed by atoms with Crippen LogP contribution < -0.4 is 11.2 Å². The molecule has 0 saturated carbocycles. The molecule has 0 bridgehead atoms. The summed E-state index contributed by atoms with van der Waals surface area (Å²) in [5.74, 6) is -0.0830. The highest BCUT2D eigenvalue weighted by atomic mass is 31.2. The Morgan fingerprint density at radius 2 is 2.14 bits per heavy atom. The third-order valence-electron chi connectivity index (χ3n) is 3.88. The molecule has 1 aliphatic heterocycles. The van der Waals surface area contributed by atoms with Crippen LogP contribution in [0.2, 0.25) is 0 Å². The maximum Gasteiger partial charge on any atom is 0.330 e. The number of ether oxygens (including phenoxy) is 1. The van der Waals surface area contributed by atoms with Crippen LogP contribution >= 0.6 is 7.14 Å². The quantitative estimate of drug-likeness (QED) is 0.794. The third kappa shape index (κ3) is 3.77. The number of aromatic amines is 1. The van der Waals surface area contributed by atoms with Gasteiger partial charge in [-0.15, -0.1) is 0 Å². The van der Waals surface area contributed by atoms with E-state index in [4.69, 9.17) is 4.74 Å². The number of aliphatic hydroxyl groups is 1. The van der Waals surface area contributed by atoms with Gasteiger partial charge in [-0.25, -0.2) is 4.79 Å². The Hall–Kier alpha value is -1.17. The SMILES string of the molecule is Cc1cn([C@H]2CC(O)[C@@H]([C@@H](C)CP(C)(C)=O)O2)c(=O)[nH]c1=O. The number of nitrogens with one attached hydrogen (secondary N) is 1. The molecule has 2 heterocycles. The van der Waals surface area contributed by atoms with Crippen LogP contribution in [0.25, 0.3) is 0 Å². The number of rotatable bonds is 4. The molecule has 1 aromatic heterocycles. The van der Waals surface area contributed by atoms with Crippen LogP contribution in [0.15, 0.2) is 15.8 Å². The third-order valence-corrected chi connectivity index (χ3v) is 5.34. The number of aliphatic hydroxyl groups excluding tert-OH is 1. The van der Waals surface area contributed by atoms with Crippen LogP contribution in [0.5, 0.6) is 0 Å². The molecule has 124 valence electrons. The average molecular weight is 330 g/mol. The highest BCUT2D eigenvalue weighted by molar-refractivity contribution is 7.62. The van der Waals surface area contributed by atoms with Crippen LogP contribution in [-0.4, -0.2) is 46.4 Å². The van der Waals surface area contributed by atoms with Crippen LogP contribution in [0.1, 0.15) is 25.1 Å². The van der Waals surface area contributed by atoms with Gasteiger partial charge in [0.2, 0.25) is 0 Å². The Bertz CT molecular complexity index is 704. The Labute approximate surface area is 128 Å². The Balaban J connectivity index is 2.21. The zero-order chi connectivity index (χ0) is 16.7. The Kier molecular flexibility index (Phi) is 4.80. The van der Waals surface area contributed by atoms with Crippen molar-refractivity contribution in [2.45, 2.75) is 38.7 Å². The summed E-state index contributed by atoms with van der Waals surface area (Å²) in [6.45, 7) is 6.90. The van der Waals surface area contributed by atoms with Crippen LogP contribution in [0.4, 0.5) is 0 Å². The van der Waals surface area contributed by atoms with Gasteiger partial charge >= 0.3 is 5.69 Å². The van der Waals surface area contributed by atoms with Crippen LogP contribution in [0, 0.1) is 12.8 Å². The van der Waals surface area contributed by atoms with E-state index in [1.54, 1.807) is 20.3 Å². The van der Waals surface area contributed by atoms with Gasteiger partial charge in [0.1, 0.15) is 6.23 Å². The predicted molar refractivity (Wildman–Crippen MR) is 84.1 cm³/mol. The van der Waals surface area contributed by atoms with Gasteiger partial charge in [0.25, 0.3) is 5.56 Å². The number of H-pyrrole nitrogens is 1. The van der Waals surface area contributed by atoms with Crippen LogP contribution in [0.3, 0.4) is 0 Å². The van der Waals surface area contributed by atoms with Crippen LogP contribution in [-0.2, 0) is 9.30 Å². The molecule has 2 N–H and O–H groups in total. The second kappa shape index (κ2) is 6.14. The lowest BCUT2D eigenvalue weighted by Gasteiger charge is -2.24. The maximum absolute atomic E-state index is 11.9. The van der Waals surface area contributed by atoms with E-state index in [1.165, 1.54) is 10.8 Å². The number of nitrogens with zero attached hydrogens (tertiary/aromatic N) is 1. The van der Waals surface area contributed by atoms with E-state index in [0.29, 0.717) is 11.7 Å². The maximum atomic E-state index is 11.9. The second-order valence-electron chi connectivity index (χ2n) is 6.57. The van der Waals surface area contributed by atoms with Crippen molar-refractivity contribution in [1.29, 1.82) is 0 Å². The van der Waals surface area contributed by atoms with Crippen molar-refractivity contribution in [3.8, 4) is 0 Å². The molecule has 0 spiro atoms. The molecule has 22 heavy (non-hydrogen) atoms. The first-order valence-electron chi connectivity index (χ1n) is 7.28. The summed E-state index contributed by atoms with van der Waals surface area (Å²) in [5.41, 5.74) is -0.582. The first-order chi connectivity index (χ1) is 10.1. The van der Waals surface area contributed by atoms with Crippen molar-refractivity contribution in [3.63, 3.8) is 0 Å². The fraction of sp³-hybridized carbons (Fsp3) is 0.714. The average Bonchev–Trinajstić information content (AvgIpc) is 2.73. The molecule has 4 atom stereocenters. The van der Waals surface area contributed by atoms with Gasteiger partial charge in [-0.3, -0.25) is 14.3 Å². The minimum absolute atomic E-state index is 0.0830. The monoisotopic (exact) mass is 330 g/mol. The van der Waals surface area contributed by atoms with Crippen molar-refractivity contribution >= 4 is 7.14 Å². The number of hydrogen-bond acceptors (Lipinski definition) is 5. The lowest BCUT2D eigenvalue weighted by Crippen LogP contribution is -2.34. The van der Waals surface area contributed by atoms with Crippen molar-refractivity contribution in [3.05, 3.63) is 32.6 Å². The summed E-state index contributed by atoms with van der Waals surface area (Å²) in [5, 5.41) is 10.2. The van der Waals surface area contributed by atoms with E-state index in [0.717, 1.165) is 0 Å². The summed E-state index contributed by atoms with van der Waals surface area (Å²) in [6.07, 6.45) is 0.344. The largest absolute Gasteiger partial charge is 0.390 e. The second-order valence-corrected chi connectivity index (χ2v) is 10.1. The van der Waals surface area contributed by atoms with Gasteiger partial charge in [-0.2, -0.15) is 0 Å². The number of aromatic nitrogens is 2. The molecule has 1 saturated heterocycles. The van der Waals surface area contributed by atoms with E-state index in [2.05, 4.69) is 4.98 Å². The molecule has 0 amide bonds. The van der Waals surface area contributed by atoms with Crippen molar-refractivity contribution in [1.82, 2.24) is 9.55 Å². The highest BCUT2D eigenvalue weighted by Gasteiger charge is 2.39. The minimum atomic E-state index is -2.22. The molecule has 8 heteroatoms. The molecule has 1 aromatic rings. The smallest absolute Gasteiger partial charge is 0.330 e. The van der Waals surface area contributed by atoms with E-state index in [1.807, 2.05) is 6.92 Å². The molecule has 2 rings (SSSR count). The fourth-order valence-electron chi connectivity index (χ4n) is 2.96. The molecular weight excluding hydrogens is 307 g/mol. The van der Waals surface area contributed by atoms with Crippen molar-refractivity contribution in [2.24, 2.45) is 5.92 Å².